The van der Waals surface area contributed by atoms with Crippen LogP contribution in [0.4, 0.5) is 16.3 Å². The number of carbonyl (C=O) groups excluding carboxylic acids is 1. The molecule has 1 aromatic carbocycles. The number of nitrogens with zero attached hydrogens (tertiary/aromatic N) is 3. The average Bonchev–Trinajstić information content (AvgIpc) is 2.56. The summed E-state index contributed by atoms with van der Waals surface area (Å²) in [6.45, 7) is 0.851. The third kappa shape index (κ3) is 4.16. The summed E-state index contributed by atoms with van der Waals surface area (Å²) in [6.07, 6.45) is 1.33. The molecule has 1 N–H and O–H groups in total. The Hall–Kier alpha value is -2.67. The Balaban J connectivity index is 2.14. The van der Waals surface area contributed by atoms with Crippen molar-refractivity contribution in [3.05, 3.63) is 42.7 Å². The minimum absolute atomic E-state index is 0.302. The smallest absolute Gasteiger partial charge is 0.327 e. The normalized spacial score (nSPS) is 10.1. The standard InChI is InChI=1S/C15H18N4O3/c1-21-9-8-19(12-6-4-3-5-7-12)15(20)18-13-10-14(22-2)17-11-16-13/h3-7,10-11H,8-9H2,1-2H3,(H,16,17,18,20). The lowest BCUT2D eigenvalue weighted by molar-refractivity contribution is 0.204. The van der Waals surface area contributed by atoms with Crippen LogP contribution in [0, 0.1) is 0 Å². The highest BCUT2D eigenvalue weighted by Gasteiger charge is 2.16. The number of hydrogen-bond donors (Lipinski definition) is 1. The van der Waals surface area contributed by atoms with Crippen LogP contribution in [0.2, 0.25) is 0 Å². The van der Waals surface area contributed by atoms with Crippen molar-refractivity contribution in [1.29, 1.82) is 0 Å². The highest BCUT2D eigenvalue weighted by Crippen LogP contribution is 2.16. The van der Waals surface area contributed by atoms with Crippen LogP contribution >= 0.6 is 0 Å². The number of nitrogens with one attached hydrogen (secondary N) is 1. The van der Waals surface area contributed by atoms with Gasteiger partial charge in [0, 0.05) is 18.9 Å². The van der Waals surface area contributed by atoms with Crippen LogP contribution in [0.25, 0.3) is 0 Å². The molecule has 0 aliphatic rings. The maximum absolute atomic E-state index is 12.5. The number of carbonyl (C=O) groups is 1. The predicted molar refractivity (Wildman–Crippen MR) is 83.3 cm³/mol. The van der Waals surface area contributed by atoms with E-state index in [2.05, 4.69) is 15.3 Å². The van der Waals surface area contributed by atoms with E-state index >= 15 is 0 Å². The van der Waals surface area contributed by atoms with Gasteiger partial charge >= 0.3 is 6.03 Å². The SMILES string of the molecule is COCCN(C(=O)Nc1cc(OC)ncn1)c1ccccc1. The van der Waals surface area contributed by atoms with Crippen molar-refractivity contribution >= 4 is 17.5 Å². The summed E-state index contributed by atoms with van der Waals surface area (Å²) in [6, 6.07) is 10.6. The van der Waals surface area contributed by atoms with E-state index in [1.807, 2.05) is 30.3 Å². The topological polar surface area (TPSA) is 76.6 Å². The maximum atomic E-state index is 12.5. The van der Waals surface area contributed by atoms with Gasteiger partial charge in [0.2, 0.25) is 5.88 Å². The van der Waals surface area contributed by atoms with Gasteiger partial charge in [0.1, 0.15) is 12.1 Å². The van der Waals surface area contributed by atoms with E-state index in [-0.39, 0.29) is 6.03 Å². The molecular formula is C15H18N4O3. The zero-order valence-electron chi connectivity index (χ0n) is 12.5. The van der Waals surface area contributed by atoms with E-state index in [9.17, 15) is 4.79 Å². The summed E-state index contributed by atoms with van der Waals surface area (Å²) in [7, 11) is 3.10. The van der Waals surface area contributed by atoms with E-state index in [0.29, 0.717) is 24.8 Å². The fourth-order valence-corrected chi connectivity index (χ4v) is 1.83. The number of urea groups is 1. The van der Waals surface area contributed by atoms with E-state index in [1.54, 1.807) is 18.1 Å². The molecule has 0 bridgehead atoms. The van der Waals surface area contributed by atoms with Crippen LogP contribution in [0.3, 0.4) is 0 Å². The van der Waals surface area contributed by atoms with Gasteiger partial charge < -0.3 is 9.47 Å². The number of methoxy groups -OCH3 is 2. The van der Waals surface area contributed by atoms with Crippen LogP contribution in [-0.4, -0.2) is 43.4 Å². The molecule has 7 heteroatoms. The Morgan fingerprint density at radius 1 is 1.23 bits per heavy atom. The van der Waals surface area contributed by atoms with Crippen molar-refractivity contribution in [2.45, 2.75) is 0 Å². The molecule has 2 rings (SSSR count). The molecule has 116 valence electrons. The van der Waals surface area contributed by atoms with Gasteiger partial charge in [-0.2, -0.15) is 0 Å². The molecule has 2 amide bonds. The van der Waals surface area contributed by atoms with Crippen molar-refractivity contribution in [2.75, 3.05) is 37.6 Å². The first-order valence-corrected chi connectivity index (χ1v) is 6.73. The van der Waals surface area contributed by atoms with Crippen LogP contribution in [-0.2, 0) is 4.74 Å². The van der Waals surface area contributed by atoms with E-state index < -0.39 is 0 Å². The largest absolute Gasteiger partial charge is 0.481 e. The number of rotatable bonds is 6. The van der Waals surface area contributed by atoms with Crippen molar-refractivity contribution in [3.63, 3.8) is 0 Å². The van der Waals surface area contributed by atoms with Gasteiger partial charge in [-0.15, -0.1) is 0 Å². The monoisotopic (exact) mass is 302 g/mol. The molecule has 0 radical (unpaired) electrons. The summed E-state index contributed by atoms with van der Waals surface area (Å²) in [5.74, 6) is 0.753. The van der Waals surface area contributed by atoms with Gasteiger partial charge in [0.05, 0.1) is 20.3 Å². The number of anilines is 2. The number of amides is 2. The summed E-state index contributed by atoms with van der Waals surface area (Å²) in [4.78, 5) is 22.0. The lowest BCUT2D eigenvalue weighted by Gasteiger charge is -2.22. The molecule has 0 atom stereocenters. The average molecular weight is 302 g/mol. The Labute approximate surface area is 128 Å². The Bertz CT molecular complexity index is 607. The van der Waals surface area contributed by atoms with Crippen molar-refractivity contribution in [1.82, 2.24) is 9.97 Å². The molecule has 1 heterocycles. The third-order valence-corrected chi connectivity index (χ3v) is 2.92. The summed E-state index contributed by atoms with van der Waals surface area (Å²) >= 11 is 0. The number of benzene rings is 1. The lowest BCUT2D eigenvalue weighted by atomic mass is 10.3. The fourth-order valence-electron chi connectivity index (χ4n) is 1.83. The lowest BCUT2D eigenvalue weighted by Crippen LogP contribution is -2.37. The van der Waals surface area contributed by atoms with E-state index in [0.717, 1.165) is 5.69 Å². The highest BCUT2D eigenvalue weighted by molar-refractivity contribution is 6.01. The molecule has 7 nitrogen and oxygen atoms in total. The van der Waals surface area contributed by atoms with Gasteiger partial charge in [0.25, 0.3) is 0 Å². The first-order valence-electron chi connectivity index (χ1n) is 6.73. The molecule has 0 unspecified atom stereocenters. The molecule has 0 spiro atoms. The molecule has 0 saturated heterocycles. The van der Waals surface area contributed by atoms with Crippen LogP contribution in [0.1, 0.15) is 0 Å². The molecule has 1 aromatic heterocycles. The zero-order valence-corrected chi connectivity index (χ0v) is 12.5. The number of para-hydroxylation sites is 1. The predicted octanol–water partition coefficient (Wildman–Crippen LogP) is 2.17. The van der Waals surface area contributed by atoms with Crippen LogP contribution < -0.4 is 15.0 Å². The second kappa shape index (κ2) is 7.94. The first kappa shape index (κ1) is 15.7. The third-order valence-electron chi connectivity index (χ3n) is 2.92. The van der Waals surface area contributed by atoms with Gasteiger partial charge in [-0.1, -0.05) is 18.2 Å². The van der Waals surface area contributed by atoms with Crippen molar-refractivity contribution in [3.8, 4) is 5.88 Å². The molecule has 0 aliphatic heterocycles. The van der Waals surface area contributed by atoms with E-state index in [4.69, 9.17) is 9.47 Å². The number of ether oxygens (including phenoxy) is 2. The molecule has 2 aromatic rings. The van der Waals surface area contributed by atoms with E-state index in [1.165, 1.54) is 13.4 Å². The summed E-state index contributed by atoms with van der Waals surface area (Å²) < 4.78 is 10.1. The van der Waals surface area contributed by atoms with Gasteiger partial charge in [-0.3, -0.25) is 10.2 Å². The van der Waals surface area contributed by atoms with Gasteiger partial charge in [0.15, 0.2) is 0 Å². The Morgan fingerprint density at radius 3 is 2.68 bits per heavy atom. The quantitative estimate of drug-likeness (QED) is 0.885. The van der Waals surface area contributed by atoms with Crippen LogP contribution in [0.5, 0.6) is 5.88 Å². The molecule has 22 heavy (non-hydrogen) atoms. The van der Waals surface area contributed by atoms with Crippen molar-refractivity contribution < 1.29 is 14.3 Å². The Kier molecular flexibility index (Phi) is 5.67. The fraction of sp³-hybridized carbons (Fsp3) is 0.267. The second-order valence-corrected chi connectivity index (χ2v) is 4.36. The minimum atomic E-state index is -0.302. The van der Waals surface area contributed by atoms with Gasteiger partial charge in [-0.25, -0.2) is 14.8 Å². The maximum Gasteiger partial charge on any atom is 0.327 e. The molecule has 0 saturated carbocycles. The summed E-state index contributed by atoms with van der Waals surface area (Å²) in [5.41, 5.74) is 0.776. The van der Waals surface area contributed by atoms with Crippen molar-refractivity contribution in [2.24, 2.45) is 0 Å². The molecular weight excluding hydrogens is 284 g/mol. The van der Waals surface area contributed by atoms with Gasteiger partial charge in [-0.05, 0) is 12.1 Å². The number of aromatic nitrogens is 2. The minimum Gasteiger partial charge on any atom is -0.481 e. The number of hydrogen-bond acceptors (Lipinski definition) is 5. The van der Waals surface area contributed by atoms with Crippen LogP contribution in [0.15, 0.2) is 42.7 Å². The highest BCUT2D eigenvalue weighted by atomic mass is 16.5. The molecule has 0 fully saturated rings. The first-order chi connectivity index (χ1) is 10.7. The summed E-state index contributed by atoms with van der Waals surface area (Å²) in [5, 5.41) is 2.72. The second-order valence-electron chi connectivity index (χ2n) is 4.36. The zero-order chi connectivity index (χ0) is 15.8. The Morgan fingerprint density at radius 2 is 2.00 bits per heavy atom. The molecule has 0 aliphatic carbocycles.